The molecule has 0 saturated heterocycles. The van der Waals surface area contributed by atoms with Crippen molar-refractivity contribution in [1.29, 1.82) is 0 Å². The molecule has 0 aromatic heterocycles. The Hall–Kier alpha value is -1.80. The normalized spacial score (nSPS) is 11.4. The van der Waals surface area contributed by atoms with Gasteiger partial charge in [-0.3, -0.25) is 0 Å². The number of amides is 2. The lowest BCUT2D eigenvalue weighted by Crippen LogP contribution is -2.39. The van der Waals surface area contributed by atoms with Crippen LogP contribution in [0.1, 0.15) is 11.1 Å². The third-order valence-electron chi connectivity index (χ3n) is 3.10. The van der Waals surface area contributed by atoms with E-state index in [1.165, 1.54) is 31.1 Å². The van der Waals surface area contributed by atoms with Gasteiger partial charge in [-0.15, -0.1) is 0 Å². The molecule has 5 nitrogen and oxygen atoms in total. The molecule has 0 bridgehead atoms. The number of ether oxygens (including phenoxy) is 1. The number of nitrogens with one attached hydrogen (secondary N) is 1. The fourth-order valence-corrected chi connectivity index (χ4v) is 1.91. The number of alkyl halides is 3. The molecular weight excluding hydrogens is 301 g/mol. The fraction of sp³-hybridized carbons (Fsp3) is 0.500. The second-order valence-electron chi connectivity index (χ2n) is 4.61. The maximum atomic E-state index is 12.8. The highest BCUT2D eigenvalue weighted by Crippen LogP contribution is 2.34. The number of rotatable bonds is 6. The monoisotopic (exact) mass is 320 g/mol. The number of urea groups is 1. The van der Waals surface area contributed by atoms with Gasteiger partial charge in [-0.2, -0.15) is 13.2 Å². The number of halogens is 3. The SMILES string of the molecule is COCCN(CCO)C(=O)Nc1cccc(C(F)(F)F)c1C. The molecule has 124 valence electrons. The summed E-state index contributed by atoms with van der Waals surface area (Å²) in [4.78, 5) is 13.4. The van der Waals surface area contributed by atoms with Crippen molar-refractivity contribution in [2.24, 2.45) is 0 Å². The predicted octanol–water partition coefficient (Wildman–Crippen LogP) is 2.49. The van der Waals surface area contributed by atoms with E-state index in [9.17, 15) is 18.0 Å². The molecule has 0 saturated carbocycles. The molecule has 0 radical (unpaired) electrons. The molecular formula is C14H19F3N2O3. The summed E-state index contributed by atoms with van der Waals surface area (Å²) in [6, 6.07) is 3.00. The number of methoxy groups -OCH3 is 1. The Balaban J connectivity index is 2.91. The summed E-state index contributed by atoms with van der Waals surface area (Å²) in [5.41, 5.74) is -0.768. The summed E-state index contributed by atoms with van der Waals surface area (Å²) in [7, 11) is 1.46. The Morgan fingerprint density at radius 1 is 1.36 bits per heavy atom. The van der Waals surface area contributed by atoms with Crippen LogP contribution < -0.4 is 5.32 Å². The van der Waals surface area contributed by atoms with Gasteiger partial charge >= 0.3 is 12.2 Å². The molecule has 0 spiro atoms. The molecule has 1 aromatic carbocycles. The zero-order valence-corrected chi connectivity index (χ0v) is 12.4. The lowest BCUT2D eigenvalue weighted by Gasteiger charge is -2.23. The first-order valence-corrected chi connectivity index (χ1v) is 6.63. The van der Waals surface area contributed by atoms with Gasteiger partial charge in [-0.1, -0.05) is 6.07 Å². The standard InChI is InChI=1S/C14H19F3N2O3/c1-10-11(14(15,16)17)4-3-5-12(10)18-13(21)19(6-8-20)7-9-22-2/h3-5,20H,6-9H2,1-2H3,(H,18,21). The van der Waals surface area contributed by atoms with Crippen molar-refractivity contribution in [2.75, 3.05) is 38.7 Å². The van der Waals surface area contributed by atoms with E-state index in [4.69, 9.17) is 9.84 Å². The molecule has 8 heteroatoms. The smallest absolute Gasteiger partial charge is 0.395 e. The summed E-state index contributed by atoms with van der Waals surface area (Å²) >= 11 is 0. The van der Waals surface area contributed by atoms with Gasteiger partial charge in [0.05, 0.1) is 18.8 Å². The zero-order valence-electron chi connectivity index (χ0n) is 12.4. The molecule has 2 amide bonds. The molecule has 0 aliphatic heterocycles. The highest BCUT2D eigenvalue weighted by molar-refractivity contribution is 5.90. The Labute approximate surface area is 126 Å². The van der Waals surface area contributed by atoms with Gasteiger partial charge in [-0.05, 0) is 24.6 Å². The first-order valence-electron chi connectivity index (χ1n) is 6.63. The van der Waals surface area contributed by atoms with Crippen molar-refractivity contribution < 1.29 is 27.8 Å². The molecule has 0 atom stereocenters. The van der Waals surface area contributed by atoms with E-state index in [-0.39, 0.29) is 37.6 Å². The molecule has 2 N–H and O–H groups in total. The van der Waals surface area contributed by atoms with Crippen molar-refractivity contribution in [1.82, 2.24) is 4.90 Å². The third-order valence-corrected chi connectivity index (χ3v) is 3.10. The average Bonchev–Trinajstić information content (AvgIpc) is 2.44. The summed E-state index contributed by atoms with van der Waals surface area (Å²) < 4.78 is 43.4. The van der Waals surface area contributed by atoms with Crippen LogP contribution in [0.4, 0.5) is 23.7 Å². The number of benzene rings is 1. The van der Waals surface area contributed by atoms with E-state index < -0.39 is 17.8 Å². The van der Waals surface area contributed by atoms with Crippen LogP contribution in [0, 0.1) is 6.92 Å². The molecule has 0 unspecified atom stereocenters. The number of anilines is 1. The minimum atomic E-state index is -4.48. The zero-order chi connectivity index (χ0) is 16.8. The highest BCUT2D eigenvalue weighted by Gasteiger charge is 2.33. The van der Waals surface area contributed by atoms with E-state index in [2.05, 4.69) is 5.32 Å². The largest absolute Gasteiger partial charge is 0.416 e. The first kappa shape index (κ1) is 18.2. The number of nitrogens with zero attached hydrogens (tertiary/aromatic N) is 1. The lowest BCUT2D eigenvalue weighted by molar-refractivity contribution is -0.138. The fourth-order valence-electron chi connectivity index (χ4n) is 1.91. The van der Waals surface area contributed by atoms with Crippen molar-refractivity contribution >= 4 is 11.7 Å². The van der Waals surface area contributed by atoms with Gasteiger partial charge in [0.15, 0.2) is 0 Å². The molecule has 0 heterocycles. The van der Waals surface area contributed by atoms with Crippen LogP contribution in [-0.4, -0.2) is 49.5 Å². The highest BCUT2D eigenvalue weighted by atomic mass is 19.4. The van der Waals surface area contributed by atoms with Crippen LogP contribution in [0.25, 0.3) is 0 Å². The summed E-state index contributed by atoms with van der Waals surface area (Å²) in [6.07, 6.45) is -4.48. The van der Waals surface area contributed by atoms with E-state index in [0.717, 1.165) is 6.07 Å². The molecule has 22 heavy (non-hydrogen) atoms. The van der Waals surface area contributed by atoms with Crippen molar-refractivity contribution in [3.8, 4) is 0 Å². The molecule has 1 rings (SSSR count). The van der Waals surface area contributed by atoms with Crippen LogP contribution in [0.15, 0.2) is 18.2 Å². The summed E-state index contributed by atoms with van der Waals surface area (Å²) in [5.74, 6) is 0. The number of hydrogen-bond donors (Lipinski definition) is 2. The van der Waals surface area contributed by atoms with Crippen LogP contribution in [0.3, 0.4) is 0 Å². The van der Waals surface area contributed by atoms with Crippen LogP contribution >= 0.6 is 0 Å². The maximum absolute atomic E-state index is 12.8. The van der Waals surface area contributed by atoms with Crippen molar-refractivity contribution in [2.45, 2.75) is 13.1 Å². The number of aliphatic hydroxyl groups excluding tert-OH is 1. The lowest BCUT2D eigenvalue weighted by atomic mass is 10.1. The summed E-state index contributed by atoms with van der Waals surface area (Å²) in [6.45, 7) is 1.59. The average molecular weight is 320 g/mol. The molecule has 0 aliphatic carbocycles. The minimum Gasteiger partial charge on any atom is -0.395 e. The minimum absolute atomic E-state index is 0.0564. The maximum Gasteiger partial charge on any atom is 0.416 e. The Bertz CT molecular complexity index is 507. The number of aliphatic hydroxyl groups is 1. The van der Waals surface area contributed by atoms with Gasteiger partial charge < -0.3 is 20.1 Å². The van der Waals surface area contributed by atoms with Gasteiger partial charge in [0.25, 0.3) is 0 Å². The molecule has 0 aliphatic rings. The first-order chi connectivity index (χ1) is 10.3. The van der Waals surface area contributed by atoms with E-state index in [1.807, 2.05) is 0 Å². The Morgan fingerprint density at radius 3 is 2.59 bits per heavy atom. The second kappa shape index (κ2) is 8.00. The number of carbonyl (C=O) groups is 1. The third kappa shape index (κ3) is 4.88. The van der Waals surface area contributed by atoms with Gasteiger partial charge in [-0.25, -0.2) is 4.79 Å². The number of hydrogen-bond acceptors (Lipinski definition) is 3. The Kier molecular flexibility index (Phi) is 6.63. The van der Waals surface area contributed by atoms with Crippen LogP contribution in [0.2, 0.25) is 0 Å². The number of carbonyl (C=O) groups excluding carboxylic acids is 1. The molecule has 1 aromatic rings. The summed E-state index contributed by atoms with van der Waals surface area (Å²) in [5, 5.41) is 11.4. The Morgan fingerprint density at radius 2 is 2.05 bits per heavy atom. The topological polar surface area (TPSA) is 61.8 Å². The van der Waals surface area contributed by atoms with Crippen molar-refractivity contribution in [3.05, 3.63) is 29.3 Å². The van der Waals surface area contributed by atoms with E-state index in [1.54, 1.807) is 0 Å². The van der Waals surface area contributed by atoms with Crippen LogP contribution in [-0.2, 0) is 10.9 Å². The van der Waals surface area contributed by atoms with Crippen LogP contribution in [0.5, 0.6) is 0 Å². The van der Waals surface area contributed by atoms with Gasteiger partial charge in [0, 0.05) is 25.9 Å². The van der Waals surface area contributed by atoms with Gasteiger partial charge in [0.2, 0.25) is 0 Å². The van der Waals surface area contributed by atoms with E-state index in [0.29, 0.717) is 0 Å². The van der Waals surface area contributed by atoms with E-state index >= 15 is 0 Å². The second-order valence-corrected chi connectivity index (χ2v) is 4.61. The van der Waals surface area contributed by atoms with Crippen molar-refractivity contribution in [3.63, 3.8) is 0 Å². The predicted molar refractivity (Wildman–Crippen MR) is 75.7 cm³/mol. The quantitative estimate of drug-likeness (QED) is 0.846. The molecule has 0 fully saturated rings. The van der Waals surface area contributed by atoms with Gasteiger partial charge in [0.1, 0.15) is 0 Å².